The summed E-state index contributed by atoms with van der Waals surface area (Å²) < 4.78 is 41.3. The Morgan fingerprint density at radius 3 is 2.41 bits per heavy atom. The van der Waals surface area contributed by atoms with Gasteiger partial charge in [0.05, 0.1) is 10.0 Å². The summed E-state index contributed by atoms with van der Waals surface area (Å²) in [7, 11) is -3.82. The first-order valence-electron chi connectivity index (χ1n) is 11.1. The number of sulfonamides is 1. The number of pyridine rings is 1. The lowest BCUT2D eigenvalue weighted by molar-refractivity contribution is -0.0714. The lowest BCUT2D eigenvalue weighted by atomic mass is 9.57. The highest BCUT2D eigenvalue weighted by molar-refractivity contribution is 7.89. The number of nitrogens with zero attached hydrogens (tertiary/aromatic N) is 4. The van der Waals surface area contributed by atoms with Gasteiger partial charge in [-0.05, 0) is 44.0 Å². The zero-order valence-corrected chi connectivity index (χ0v) is 21.0. The molecule has 3 heterocycles. The van der Waals surface area contributed by atoms with Crippen molar-refractivity contribution in [2.75, 3.05) is 44.2 Å². The van der Waals surface area contributed by atoms with E-state index in [1.807, 2.05) is 0 Å². The van der Waals surface area contributed by atoms with Gasteiger partial charge in [0.1, 0.15) is 16.4 Å². The number of alkyl halides is 1. The van der Waals surface area contributed by atoms with Gasteiger partial charge in [-0.25, -0.2) is 17.8 Å². The molecule has 11 heteroatoms. The summed E-state index contributed by atoms with van der Waals surface area (Å²) in [6, 6.07) is 7.93. The van der Waals surface area contributed by atoms with Crippen LogP contribution in [0.3, 0.4) is 0 Å². The van der Waals surface area contributed by atoms with E-state index in [1.165, 1.54) is 16.4 Å². The molecule has 34 heavy (non-hydrogen) atoms. The largest absolute Gasteiger partial charge is 0.355 e. The molecule has 3 aliphatic rings. The molecule has 1 spiro atoms. The van der Waals surface area contributed by atoms with Gasteiger partial charge in [-0.15, -0.1) is 0 Å². The van der Waals surface area contributed by atoms with Crippen LogP contribution in [0.4, 0.5) is 10.2 Å². The standard InChI is InChI=1S/C23H25Cl2FN4O3S/c1-22(26)12-23(13-22)14-29(15-23)19-11-16(5-6-27-19)21(31)28-7-9-30(10-8-28)34(32,33)18-4-2-3-17(24)20(18)25/h2-6,11H,7-10,12-15H2,1H3. The maximum absolute atomic E-state index is 13.9. The van der Waals surface area contributed by atoms with Crippen molar-refractivity contribution >= 4 is 45.0 Å². The number of halogens is 3. The molecule has 5 rings (SSSR count). The van der Waals surface area contributed by atoms with E-state index in [1.54, 1.807) is 36.2 Å². The molecule has 1 aromatic carbocycles. The monoisotopic (exact) mass is 526 g/mol. The van der Waals surface area contributed by atoms with Crippen molar-refractivity contribution < 1.29 is 17.6 Å². The van der Waals surface area contributed by atoms with E-state index in [-0.39, 0.29) is 52.4 Å². The summed E-state index contributed by atoms with van der Waals surface area (Å²) in [5, 5.41) is 0.173. The van der Waals surface area contributed by atoms with Gasteiger partial charge in [-0.1, -0.05) is 29.3 Å². The summed E-state index contributed by atoms with van der Waals surface area (Å²) in [6.07, 6.45) is 2.75. The third-order valence-corrected chi connectivity index (χ3v) is 9.79. The highest BCUT2D eigenvalue weighted by Gasteiger charge is 2.58. The van der Waals surface area contributed by atoms with Crippen LogP contribution in [0.25, 0.3) is 0 Å². The van der Waals surface area contributed by atoms with Crippen molar-refractivity contribution in [1.82, 2.24) is 14.2 Å². The Labute approximate surface area is 208 Å². The third kappa shape index (κ3) is 4.17. The predicted molar refractivity (Wildman–Crippen MR) is 129 cm³/mol. The lowest BCUT2D eigenvalue weighted by Gasteiger charge is -2.61. The van der Waals surface area contributed by atoms with Crippen LogP contribution in [-0.4, -0.2) is 73.5 Å². The van der Waals surface area contributed by atoms with Crippen LogP contribution in [0, 0.1) is 5.41 Å². The molecule has 2 saturated heterocycles. The summed E-state index contributed by atoms with van der Waals surface area (Å²) in [5.41, 5.74) is -0.520. The second kappa shape index (κ2) is 8.33. The fourth-order valence-electron chi connectivity index (χ4n) is 5.52. The number of amides is 1. The van der Waals surface area contributed by atoms with Crippen LogP contribution in [0.15, 0.2) is 41.4 Å². The van der Waals surface area contributed by atoms with Gasteiger partial charge in [0.25, 0.3) is 5.91 Å². The van der Waals surface area contributed by atoms with Crippen molar-refractivity contribution in [3.05, 3.63) is 52.1 Å². The molecule has 7 nitrogen and oxygen atoms in total. The van der Waals surface area contributed by atoms with E-state index in [9.17, 15) is 17.6 Å². The van der Waals surface area contributed by atoms with Gasteiger partial charge in [-0.3, -0.25) is 4.79 Å². The van der Waals surface area contributed by atoms with E-state index in [2.05, 4.69) is 9.88 Å². The molecule has 182 valence electrons. The number of hydrogen-bond donors (Lipinski definition) is 0. The predicted octanol–water partition coefficient (Wildman–Crippen LogP) is 3.86. The van der Waals surface area contributed by atoms with Gasteiger partial charge >= 0.3 is 0 Å². The molecule has 2 aliphatic heterocycles. The number of anilines is 1. The number of carbonyl (C=O) groups is 1. The lowest BCUT2D eigenvalue weighted by Crippen LogP contribution is -2.66. The van der Waals surface area contributed by atoms with Crippen LogP contribution in [0.5, 0.6) is 0 Å². The Balaban J connectivity index is 1.22. The number of benzene rings is 1. The fraction of sp³-hybridized carbons (Fsp3) is 0.478. The van der Waals surface area contributed by atoms with Gasteiger partial charge in [0.15, 0.2) is 0 Å². The van der Waals surface area contributed by atoms with E-state index in [4.69, 9.17) is 23.2 Å². The van der Waals surface area contributed by atoms with Crippen LogP contribution in [0.1, 0.15) is 30.1 Å². The van der Waals surface area contributed by atoms with Gasteiger partial charge in [0, 0.05) is 56.4 Å². The fourth-order valence-corrected chi connectivity index (χ4v) is 7.68. The Morgan fingerprint density at radius 1 is 1.09 bits per heavy atom. The number of piperazine rings is 1. The maximum atomic E-state index is 13.9. The second-order valence-corrected chi connectivity index (χ2v) is 12.5. The summed E-state index contributed by atoms with van der Waals surface area (Å²) in [4.78, 5) is 21.2. The molecule has 0 atom stereocenters. The maximum Gasteiger partial charge on any atom is 0.254 e. The normalized spacial score (nSPS) is 21.8. The van der Waals surface area contributed by atoms with Gasteiger partial charge < -0.3 is 9.80 Å². The third-order valence-electron chi connectivity index (χ3n) is 6.92. The molecule has 0 radical (unpaired) electrons. The van der Waals surface area contributed by atoms with Crippen molar-refractivity contribution in [3.8, 4) is 0 Å². The van der Waals surface area contributed by atoms with Crippen molar-refractivity contribution in [2.24, 2.45) is 5.41 Å². The Hall–Kier alpha value is -1.94. The first kappa shape index (κ1) is 23.8. The Morgan fingerprint density at radius 2 is 1.76 bits per heavy atom. The minimum Gasteiger partial charge on any atom is -0.355 e. The van der Waals surface area contributed by atoms with Crippen molar-refractivity contribution in [3.63, 3.8) is 0 Å². The summed E-state index contributed by atoms with van der Waals surface area (Å²) >= 11 is 12.1. The number of hydrogen-bond acceptors (Lipinski definition) is 5. The van der Waals surface area contributed by atoms with E-state index in [0.29, 0.717) is 24.2 Å². The smallest absolute Gasteiger partial charge is 0.254 e. The minimum absolute atomic E-state index is 0.00203. The Bertz CT molecular complexity index is 1230. The topological polar surface area (TPSA) is 73.8 Å². The highest BCUT2D eigenvalue weighted by Crippen LogP contribution is 2.56. The highest BCUT2D eigenvalue weighted by atomic mass is 35.5. The number of carbonyl (C=O) groups excluding carboxylic acids is 1. The molecule has 2 aromatic rings. The SMILES string of the molecule is CC1(F)CC2(CN(c3cc(C(=O)N4CCN(S(=O)(=O)c5cccc(Cl)c5Cl)CC4)ccn3)C2)C1. The van der Waals surface area contributed by atoms with Crippen LogP contribution in [-0.2, 0) is 10.0 Å². The van der Waals surface area contributed by atoms with E-state index < -0.39 is 15.7 Å². The van der Waals surface area contributed by atoms with Gasteiger partial charge in [0.2, 0.25) is 10.0 Å². The molecule has 1 saturated carbocycles. The molecule has 0 bridgehead atoms. The number of rotatable bonds is 4. The molecule has 1 aliphatic carbocycles. The quantitative estimate of drug-likeness (QED) is 0.604. The van der Waals surface area contributed by atoms with E-state index in [0.717, 1.165) is 13.1 Å². The molecular formula is C23H25Cl2FN4O3S. The van der Waals surface area contributed by atoms with E-state index >= 15 is 0 Å². The van der Waals surface area contributed by atoms with Crippen molar-refractivity contribution in [1.29, 1.82) is 0 Å². The zero-order chi connectivity index (χ0) is 24.3. The number of aromatic nitrogens is 1. The first-order chi connectivity index (χ1) is 16.0. The molecule has 1 aromatic heterocycles. The van der Waals surface area contributed by atoms with Crippen LogP contribution in [0.2, 0.25) is 10.0 Å². The van der Waals surface area contributed by atoms with Crippen molar-refractivity contribution in [2.45, 2.75) is 30.3 Å². The molecule has 1 amide bonds. The second-order valence-electron chi connectivity index (χ2n) is 9.77. The average molecular weight is 527 g/mol. The summed E-state index contributed by atoms with van der Waals surface area (Å²) in [5.74, 6) is 0.539. The van der Waals surface area contributed by atoms with Crippen LogP contribution < -0.4 is 4.90 Å². The molecule has 0 unspecified atom stereocenters. The van der Waals surface area contributed by atoms with Crippen LogP contribution >= 0.6 is 23.2 Å². The summed E-state index contributed by atoms with van der Waals surface area (Å²) in [6.45, 7) is 3.98. The van der Waals surface area contributed by atoms with Gasteiger partial charge in [-0.2, -0.15) is 4.31 Å². The zero-order valence-electron chi connectivity index (χ0n) is 18.7. The Kier molecular flexibility index (Phi) is 5.82. The molecular weight excluding hydrogens is 502 g/mol. The average Bonchev–Trinajstić information content (AvgIpc) is 2.77. The molecule has 0 N–H and O–H groups in total. The minimum atomic E-state index is -3.82. The first-order valence-corrected chi connectivity index (χ1v) is 13.3. The molecule has 3 fully saturated rings.